The monoisotopic (exact) mass is 438 g/mol. The summed E-state index contributed by atoms with van der Waals surface area (Å²) in [6, 6.07) is -0.125. The summed E-state index contributed by atoms with van der Waals surface area (Å²) in [7, 11) is 1.88. The van der Waals surface area contributed by atoms with Gasteiger partial charge in [0, 0.05) is 26.0 Å². The van der Waals surface area contributed by atoms with Crippen molar-refractivity contribution in [3.05, 3.63) is 18.0 Å². The van der Waals surface area contributed by atoms with E-state index < -0.39 is 36.2 Å². The van der Waals surface area contributed by atoms with Crippen molar-refractivity contribution < 1.29 is 37.6 Å². The van der Waals surface area contributed by atoms with Gasteiger partial charge in [0.2, 0.25) is 5.95 Å². The fourth-order valence-corrected chi connectivity index (χ4v) is 2.82. The predicted molar refractivity (Wildman–Crippen MR) is 101 cm³/mol. The van der Waals surface area contributed by atoms with Crippen molar-refractivity contribution in [3.63, 3.8) is 0 Å². The Hall–Kier alpha value is -1.57. The number of aromatic nitrogens is 2. The highest BCUT2D eigenvalue weighted by molar-refractivity contribution is 5.29. The molecule has 1 saturated heterocycles. The number of aliphatic hydroxyl groups excluding tert-OH is 2. The summed E-state index contributed by atoms with van der Waals surface area (Å²) >= 11 is 0. The Labute approximate surface area is 172 Å². The van der Waals surface area contributed by atoms with Gasteiger partial charge in [-0.3, -0.25) is 0 Å². The minimum atomic E-state index is -4.61. The third kappa shape index (κ3) is 7.93. The van der Waals surface area contributed by atoms with Gasteiger partial charge in [-0.1, -0.05) is 0 Å². The standard InChI is InChI=1S/C18H29F3N4O5/c1-22-5-2-7-28-8-3-9-29-11-13-16(27)15(26)12(10-30-13)24-17-23-6-4-14(25-17)18(19,20)21/h4,6,12-13,15-16,22,26-27H,2-3,5,7-11H2,1H3,(H,23,24,25)/t12-,13+,15+,16-/m0/s1. The molecule has 12 heteroatoms. The summed E-state index contributed by atoms with van der Waals surface area (Å²) in [4.78, 5) is 7.10. The van der Waals surface area contributed by atoms with Gasteiger partial charge < -0.3 is 35.1 Å². The first-order chi connectivity index (χ1) is 14.3. The molecule has 0 saturated carbocycles. The zero-order chi connectivity index (χ0) is 22.0. The topological polar surface area (TPSA) is 118 Å². The Morgan fingerprint density at radius 1 is 1.17 bits per heavy atom. The normalized spacial score (nSPS) is 24.7. The lowest BCUT2D eigenvalue weighted by Gasteiger charge is -2.37. The first-order valence-corrected chi connectivity index (χ1v) is 9.77. The Morgan fingerprint density at radius 2 is 1.90 bits per heavy atom. The van der Waals surface area contributed by atoms with E-state index in [0.29, 0.717) is 26.2 Å². The van der Waals surface area contributed by atoms with Crippen molar-refractivity contribution in [1.29, 1.82) is 0 Å². The molecule has 2 heterocycles. The van der Waals surface area contributed by atoms with Gasteiger partial charge in [-0.05, 0) is 32.5 Å². The highest BCUT2D eigenvalue weighted by Crippen LogP contribution is 2.28. The van der Waals surface area contributed by atoms with Gasteiger partial charge in [-0.2, -0.15) is 13.2 Å². The van der Waals surface area contributed by atoms with E-state index in [1.165, 1.54) is 0 Å². The number of ether oxygens (including phenoxy) is 3. The summed E-state index contributed by atoms with van der Waals surface area (Å²) in [5.41, 5.74) is -1.11. The van der Waals surface area contributed by atoms with E-state index in [1.54, 1.807) is 0 Å². The van der Waals surface area contributed by atoms with Crippen LogP contribution in [0.15, 0.2) is 12.3 Å². The van der Waals surface area contributed by atoms with Crippen LogP contribution < -0.4 is 10.6 Å². The summed E-state index contributed by atoms with van der Waals surface area (Å²) < 4.78 is 54.6. The number of aliphatic hydroxyl groups is 2. The van der Waals surface area contributed by atoms with E-state index in [4.69, 9.17) is 14.2 Å². The maximum atomic E-state index is 12.7. The molecule has 0 bridgehead atoms. The van der Waals surface area contributed by atoms with Crippen molar-refractivity contribution in [3.8, 4) is 0 Å². The molecule has 172 valence electrons. The Bertz CT molecular complexity index is 626. The van der Waals surface area contributed by atoms with Crippen LogP contribution in [0.4, 0.5) is 19.1 Å². The van der Waals surface area contributed by atoms with Crippen LogP contribution in [0.5, 0.6) is 0 Å². The van der Waals surface area contributed by atoms with Gasteiger partial charge >= 0.3 is 6.18 Å². The van der Waals surface area contributed by atoms with Gasteiger partial charge in [0.05, 0.1) is 19.3 Å². The molecule has 1 fully saturated rings. The predicted octanol–water partition coefficient (Wildman–Crippen LogP) is 0.429. The molecule has 2 rings (SSSR count). The molecule has 0 spiro atoms. The maximum Gasteiger partial charge on any atom is 0.433 e. The number of hydrogen-bond acceptors (Lipinski definition) is 9. The lowest BCUT2D eigenvalue weighted by molar-refractivity contribution is -0.160. The molecular formula is C18H29F3N4O5. The zero-order valence-electron chi connectivity index (χ0n) is 16.8. The van der Waals surface area contributed by atoms with Crippen LogP contribution in [-0.4, -0.2) is 91.2 Å². The minimum absolute atomic E-state index is 0.0551. The summed E-state index contributed by atoms with van der Waals surface area (Å²) in [6.45, 7) is 2.55. The van der Waals surface area contributed by atoms with Gasteiger partial charge in [0.15, 0.2) is 0 Å². The van der Waals surface area contributed by atoms with Crippen LogP contribution in [-0.2, 0) is 20.4 Å². The zero-order valence-corrected chi connectivity index (χ0v) is 16.8. The van der Waals surface area contributed by atoms with Crippen molar-refractivity contribution in [2.24, 2.45) is 0 Å². The second-order valence-corrected chi connectivity index (χ2v) is 6.86. The van der Waals surface area contributed by atoms with Crippen LogP contribution in [0, 0.1) is 0 Å². The maximum absolute atomic E-state index is 12.7. The molecule has 9 nitrogen and oxygen atoms in total. The lowest BCUT2D eigenvalue weighted by atomic mass is 9.98. The fourth-order valence-electron chi connectivity index (χ4n) is 2.82. The van der Waals surface area contributed by atoms with Crippen molar-refractivity contribution in [1.82, 2.24) is 15.3 Å². The smallest absolute Gasteiger partial charge is 0.388 e. The largest absolute Gasteiger partial charge is 0.433 e. The Morgan fingerprint density at radius 3 is 2.63 bits per heavy atom. The molecule has 4 atom stereocenters. The highest BCUT2D eigenvalue weighted by atomic mass is 19.4. The molecule has 0 aliphatic carbocycles. The summed E-state index contributed by atoms with van der Waals surface area (Å²) in [5.74, 6) is -0.311. The number of hydrogen-bond donors (Lipinski definition) is 4. The van der Waals surface area contributed by atoms with Crippen LogP contribution in [0.25, 0.3) is 0 Å². The van der Waals surface area contributed by atoms with E-state index in [0.717, 1.165) is 25.2 Å². The van der Waals surface area contributed by atoms with Crippen LogP contribution in [0.2, 0.25) is 0 Å². The molecule has 1 aliphatic rings. The van der Waals surface area contributed by atoms with Crippen molar-refractivity contribution >= 4 is 5.95 Å². The molecule has 1 aromatic heterocycles. The fraction of sp³-hybridized carbons (Fsp3) is 0.778. The van der Waals surface area contributed by atoms with Gasteiger partial charge in [-0.25, -0.2) is 9.97 Å². The molecule has 30 heavy (non-hydrogen) atoms. The van der Waals surface area contributed by atoms with Crippen LogP contribution in [0.1, 0.15) is 18.5 Å². The molecule has 0 unspecified atom stereocenters. The third-order valence-corrected chi connectivity index (χ3v) is 4.47. The number of nitrogens with zero attached hydrogens (tertiary/aromatic N) is 2. The molecule has 0 radical (unpaired) electrons. The molecule has 1 aromatic rings. The summed E-state index contributed by atoms with van der Waals surface area (Å²) in [5, 5.41) is 26.1. The molecule has 0 aromatic carbocycles. The Kier molecular flexibility index (Phi) is 10.1. The van der Waals surface area contributed by atoms with Crippen LogP contribution >= 0.6 is 0 Å². The van der Waals surface area contributed by atoms with Gasteiger partial charge in [-0.15, -0.1) is 0 Å². The number of rotatable bonds is 12. The van der Waals surface area contributed by atoms with E-state index in [2.05, 4.69) is 20.6 Å². The average Bonchev–Trinajstić information content (AvgIpc) is 2.71. The first kappa shape index (κ1) is 24.7. The SMILES string of the molecule is CNCCCOCCCOC[C@H]1OC[C@H](Nc2nccc(C(F)(F)F)n2)[C@@H](O)[C@H]1O. The quantitative estimate of drug-likeness (QED) is 0.345. The van der Waals surface area contributed by atoms with E-state index >= 15 is 0 Å². The van der Waals surface area contributed by atoms with Gasteiger partial charge in [0.1, 0.15) is 24.0 Å². The van der Waals surface area contributed by atoms with Crippen molar-refractivity contribution in [2.75, 3.05) is 51.9 Å². The average molecular weight is 438 g/mol. The second kappa shape index (κ2) is 12.3. The van der Waals surface area contributed by atoms with Crippen molar-refractivity contribution in [2.45, 2.75) is 43.4 Å². The van der Waals surface area contributed by atoms with E-state index in [9.17, 15) is 23.4 Å². The first-order valence-electron chi connectivity index (χ1n) is 9.77. The number of anilines is 1. The number of halogens is 3. The molecular weight excluding hydrogens is 409 g/mol. The molecule has 0 amide bonds. The van der Waals surface area contributed by atoms with E-state index in [-0.39, 0.29) is 19.2 Å². The van der Waals surface area contributed by atoms with Crippen LogP contribution in [0.3, 0.4) is 0 Å². The lowest BCUT2D eigenvalue weighted by Crippen LogP contribution is -2.57. The number of alkyl halides is 3. The second-order valence-electron chi connectivity index (χ2n) is 6.86. The molecule has 1 aliphatic heterocycles. The summed E-state index contributed by atoms with van der Waals surface area (Å²) in [6.07, 6.45) is -5.36. The van der Waals surface area contributed by atoms with E-state index in [1.807, 2.05) is 7.05 Å². The highest BCUT2D eigenvalue weighted by Gasteiger charge is 2.39. The third-order valence-electron chi connectivity index (χ3n) is 4.47. The minimum Gasteiger partial charge on any atom is -0.388 e. The molecule has 4 N–H and O–H groups in total. The Balaban J connectivity index is 1.70. The number of nitrogens with one attached hydrogen (secondary N) is 2. The van der Waals surface area contributed by atoms with Gasteiger partial charge in [0.25, 0.3) is 0 Å².